The molecule has 5 heteroatoms. The zero-order chi connectivity index (χ0) is 16.1. The second-order valence-corrected chi connectivity index (χ2v) is 5.42. The van der Waals surface area contributed by atoms with Gasteiger partial charge in [0.25, 0.3) is 5.56 Å². The molecular weight excluding hydrogens is 278 g/mol. The first kappa shape index (κ1) is 16.1. The van der Waals surface area contributed by atoms with Crippen LogP contribution in [0.1, 0.15) is 26.7 Å². The molecule has 1 N–H and O–H groups in total. The number of hydrogen-bond acceptors (Lipinski definition) is 2. The van der Waals surface area contributed by atoms with E-state index in [-0.39, 0.29) is 11.6 Å². The predicted octanol–water partition coefficient (Wildman–Crippen LogP) is 3.19. The Balaban J connectivity index is 2.37. The van der Waals surface area contributed by atoms with E-state index in [0.29, 0.717) is 11.1 Å². The first-order chi connectivity index (χ1) is 10.6. The fourth-order valence-electron chi connectivity index (χ4n) is 2.56. The molecule has 2 aromatic rings. The highest BCUT2D eigenvalue weighted by Crippen LogP contribution is 2.20. The average Bonchev–Trinajstić information content (AvgIpc) is 2.52. The average molecular weight is 301 g/mol. The smallest absolute Gasteiger partial charge is 0.321 e. The molecule has 118 valence electrons. The minimum atomic E-state index is -0.118. The Bertz CT molecular complexity index is 715. The van der Waals surface area contributed by atoms with Crippen molar-refractivity contribution in [1.82, 2.24) is 9.47 Å². The fourth-order valence-corrected chi connectivity index (χ4v) is 2.56. The summed E-state index contributed by atoms with van der Waals surface area (Å²) in [5.74, 6) is 0. The lowest BCUT2D eigenvalue weighted by molar-refractivity contribution is 0.211. The Labute approximate surface area is 130 Å². The number of anilines is 1. The van der Waals surface area contributed by atoms with Crippen LogP contribution in [-0.4, -0.2) is 28.6 Å². The first-order valence-electron chi connectivity index (χ1n) is 7.72. The number of hydrogen-bond donors (Lipinski definition) is 1. The minimum Gasteiger partial charge on any atom is -0.325 e. The number of benzene rings is 1. The lowest BCUT2D eigenvalue weighted by atomic mass is 10.1. The van der Waals surface area contributed by atoms with Gasteiger partial charge in [0.15, 0.2) is 0 Å². The monoisotopic (exact) mass is 301 g/mol. The van der Waals surface area contributed by atoms with Crippen LogP contribution in [0.3, 0.4) is 0 Å². The summed E-state index contributed by atoms with van der Waals surface area (Å²) in [5.41, 5.74) is 0.604. The molecule has 0 fully saturated rings. The van der Waals surface area contributed by atoms with E-state index in [4.69, 9.17) is 0 Å². The van der Waals surface area contributed by atoms with Gasteiger partial charge in [-0.1, -0.05) is 32.0 Å². The van der Waals surface area contributed by atoms with Crippen molar-refractivity contribution in [2.45, 2.75) is 26.7 Å². The van der Waals surface area contributed by atoms with Crippen LogP contribution in [0, 0.1) is 0 Å². The fraction of sp³-hybridized carbons (Fsp3) is 0.412. The van der Waals surface area contributed by atoms with Crippen molar-refractivity contribution in [2.24, 2.45) is 7.05 Å². The normalized spacial score (nSPS) is 10.7. The first-order valence-corrected chi connectivity index (χ1v) is 7.72. The van der Waals surface area contributed by atoms with Crippen molar-refractivity contribution in [3.8, 4) is 0 Å². The number of nitrogens with one attached hydrogen (secondary N) is 1. The number of carbonyl (C=O) groups is 1. The molecule has 0 bridgehead atoms. The van der Waals surface area contributed by atoms with Crippen LogP contribution in [0.15, 0.2) is 35.3 Å². The Morgan fingerprint density at radius 2 is 1.73 bits per heavy atom. The summed E-state index contributed by atoms with van der Waals surface area (Å²) in [6.45, 7) is 5.56. The molecule has 0 saturated heterocycles. The maximum absolute atomic E-state index is 12.5. The third-order valence-corrected chi connectivity index (χ3v) is 3.61. The zero-order valence-corrected chi connectivity index (χ0v) is 13.4. The van der Waals surface area contributed by atoms with E-state index in [1.165, 1.54) is 4.57 Å². The molecule has 0 unspecified atom stereocenters. The minimum absolute atomic E-state index is 0.0624. The molecule has 0 spiro atoms. The van der Waals surface area contributed by atoms with Gasteiger partial charge in [0.1, 0.15) is 0 Å². The van der Waals surface area contributed by atoms with Gasteiger partial charge in [-0.15, -0.1) is 0 Å². The number of aromatic nitrogens is 1. The molecule has 0 radical (unpaired) electrons. The maximum Gasteiger partial charge on any atom is 0.321 e. The van der Waals surface area contributed by atoms with E-state index in [9.17, 15) is 9.59 Å². The SMILES string of the molecule is CCCN(CCC)C(=O)Nc1cn(C)c(=O)c2ccccc12. The number of rotatable bonds is 5. The van der Waals surface area contributed by atoms with Gasteiger partial charge in [0.05, 0.1) is 5.69 Å². The molecule has 5 nitrogen and oxygen atoms in total. The topological polar surface area (TPSA) is 54.3 Å². The molecule has 0 atom stereocenters. The van der Waals surface area contributed by atoms with Crippen LogP contribution in [-0.2, 0) is 7.05 Å². The van der Waals surface area contributed by atoms with Crippen molar-refractivity contribution in [3.05, 3.63) is 40.8 Å². The van der Waals surface area contributed by atoms with Crippen LogP contribution in [0.4, 0.5) is 10.5 Å². The van der Waals surface area contributed by atoms with Crippen LogP contribution < -0.4 is 10.9 Å². The van der Waals surface area contributed by atoms with Gasteiger partial charge in [-0.25, -0.2) is 4.79 Å². The van der Waals surface area contributed by atoms with Gasteiger partial charge in [-0.05, 0) is 18.9 Å². The van der Waals surface area contributed by atoms with Crippen LogP contribution in [0.25, 0.3) is 10.8 Å². The van der Waals surface area contributed by atoms with E-state index in [0.717, 1.165) is 31.3 Å². The van der Waals surface area contributed by atoms with E-state index in [1.807, 2.05) is 18.2 Å². The highest BCUT2D eigenvalue weighted by atomic mass is 16.2. The second kappa shape index (κ2) is 7.11. The van der Waals surface area contributed by atoms with Gasteiger partial charge in [-0.3, -0.25) is 4.79 Å². The number of pyridine rings is 1. The molecule has 1 aromatic heterocycles. The molecular formula is C17H23N3O2. The molecule has 0 aliphatic rings. The van der Waals surface area contributed by atoms with Crippen molar-refractivity contribution in [2.75, 3.05) is 18.4 Å². The largest absolute Gasteiger partial charge is 0.325 e. The number of carbonyl (C=O) groups excluding carboxylic acids is 1. The molecule has 1 heterocycles. The highest BCUT2D eigenvalue weighted by Gasteiger charge is 2.14. The molecule has 22 heavy (non-hydrogen) atoms. The van der Waals surface area contributed by atoms with E-state index in [2.05, 4.69) is 19.2 Å². The van der Waals surface area contributed by atoms with Crippen LogP contribution in [0.2, 0.25) is 0 Å². The summed E-state index contributed by atoms with van der Waals surface area (Å²) < 4.78 is 1.50. The summed E-state index contributed by atoms with van der Waals surface area (Å²) in [6, 6.07) is 7.22. The number of amides is 2. The molecule has 2 amide bonds. The summed E-state index contributed by atoms with van der Waals surface area (Å²) in [7, 11) is 1.69. The quantitative estimate of drug-likeness (QED) is 0.922. The zero-order valence-electron chi connectivity index (χ0n) is 13.4. The molecule has 2 rings (SSSR count). The third kappa shape index (κ3) is 3.30. The molecule has 1 aromatic carbocycles. The van der Waals surface area contributed by atoms with Crippen molar-refractivity contribution in [1.29, 1.82) is 0 Å². The number of urea groups is 1. The summed E-state index contributed by atoms with van der Waals surface area (Å²) >= 11 is 0. The van der Waals surface area contributed by atoms with Gasteiger partial charge in [0.2, 0.25) is 0 Å². The lowest BCUT2D eigenvalue weighted by Gasteiger charge is -2.22. The Kier molecular flexibility index (Phi) is 5.20. The predicted molar refractivity (Wildman–Crippen MR) is 90.4 cm³/mol. The number of aryl methyl sites for hydroxylation is 1. The summed E-state index contributed by atoms with van der Waals surface area (Å²) in [5, 5.41) is 4.33. The Morgan fingerprint density at radius 1 is 1.14 bits per heavy atom. The van der Waals surface area contributed by atoms with Gasteiger partial charge in [0, 0.05) is 37.1 Å². The lowest BCUT2D eigenvalue weighted by Crippen LogP contribution is -2.36. The van der Waals surface area contributed by atoms with Crippen molar-refractivity contribution < 1.29 is 4.79 Å². The van der Waals surface area contributed by atoms with Gasteiger partial charge >= 0.3 is 6.03 Å². The van der Waals surface area contributed by atoms with Crippen molar-refractivity contribution in [3.63, 3.8) is 0 Å². The standard InChI is InChI=1S/C17H23N3O2/c1-4-10-20(11-5-2)17(22)18-15-12-19(3)16(21)14-9-7-6-8-13(14)15/h6-9,12H,4-5,10-11H2,1-3H3,(H,18,22). The third-order valence-electron chi connectivity index (χ3n) is 3.61. The highest BCUT2D eigenvalue weighted by molar-refractivity contribution is 6.00. The summed E-state index contributed by atoms with van der Waals surface area (Å²) in [4.78, 5) is 26.4. The van der Waals surface area contributed by atoms with Gasteiger partial charge < -0.3 is 14.8 Å². The Hall–Kier alpha value is -2.30. The maximum atomic E-state index is 12.5. The van der Waals surface area contributed by atoms with Gasteiger partial charge in [-0.2, -0.15) is 0 Å². The summed E-state index contributed by atoms with van der Waals surface area (Å²) in [6.07, 6.45) is 3.52. The van der Waals surface area contributed by atoms with Crippen LogP contribution >= 0.6 is 0 Å². The molecule has 0 aliphatic heterocycles. The van der Waals surface area contributed by atoms with E-state index < -0.39 is 0 Å². The number of nitrogens with zero attached hydrogens (tertiary/aromatic N) is 2. The molecule has 0 aliphatic carbocycles. The van der Waals surface area contributed by atoms with Crippen molar-refractivity contribution >= 4 is 22.5 Å². The van der Waals surface area contributed by atoms with E-state index in [1.54, 1.807) is 24.2 Å². The van der Waals surface area contributed by atoms with Crippen LogP contribution in [0.5, 0.6) is 0 Å². The molecule has 0 saturated carbocycles. The van der Waals surface area contributed by atoms with E-state index >= 15 is 0 Å². The Morgan fingerprint density at radius 3 is 2.32 bits per heavy atom. The number of fused-ring (bicyclic) bond motifs is 1. The second-order valence-electron chi connectivity index (χ2n) is 5.42.